The van der Waals surface area contributed by atoms with Crippen LogP contribution in [0.2, 0.25) is 0 Å². The smallest absolute Gasteiger partial charge is 0.318 e. The molecule has 7 heteroatoms. The van der Waals surface area contributed by atoms with E-state index in [0.29, 0.717) is 12.4 Å². The maximum Gasteiger partial charge on any atom is 0.318 e. The lowest BCUT2D eigenvalue weighted by atomic mass is 10.1. The van der Waals surface area contributed by atoms with Gasteiger partial charge in [-0.2, -0.15) is 5.10 Å². The van der Waals surface area contributed by atoms with Gasteiger partial charge in [0.15, 0.2) is 0 Å². The van der Waals surface area contributed by atoms with E-state index in [0.717, 1.165) is 28.1 Å². The third-order valence-electron chi connectivity index (χ3n) is 5.19. The number of anilines is 1. The van der Waals surface area contributed by atoms with Crippen molar-refractivity contribution in [3.05, 3.63) is 65.9 Å². The number of carbonyl (C=O) groups is 2. The first-order valence-corrected chi connectivity index (χ1v) is 10.9. The van der Waals surface area contributed by atoms with Crippen molar-refractivity contribution in [2.75, 3.05) is 18.4 Å². The minimum absolute atomic E-state index is 0.0597. The number of urea groups is 1. The van der Waals surface area contributed by atoms with Gasteiger partial charge in [-0.05, 0) is 52.3 Å². The summed E-state index contributed by atoms with van der Waals surface area (Å²) in [7, 11) is 0. The lowest BCUT2D eigenvalue weighted by molar-refractivity contribution is -0.117. The predicted molar refractivity (Wildman–Crippen MR) is 128 cm³/mol. The Labute approximate surface area is 189 Å². The SMILES string of the molecule is CCNC(=O)N(CC(=O)Nc1c(-c2ccccc2)c(C)nn1-c1ccc(C)cc1)C(C)C. The van der Waals surface area contributed by atoms with E-state index in [2.05, 4.69) is 10.6 Å². The van der Waals surface area contributed by atoms with Gasteiger partial charge in [-0.1, -0.05) is 48.0 Å². The molecule has 0 aliphatic heterocycles. The fourth-order valence-electron chi connectivity index (χ4n) is 3.53. The molecule has 3 amide bonds. The monoisotopic (exact) mass is 433 g/mol. The number of hydrogen-bond donors (Lipinski definition) is 2. The molecule has 0 atom stereocenters. The maximum absolute atomic E-state index is 13.1. The molecule has 0 saturated carbocycles. The van der Waals surface area contributed by atoms with Gasteiger partial charge < -0.3 is 15.5 Å². The summed E-state index contributed by atoms with van der Waals surface area (Å²) in [5.41, 5.74) is 4.61. The quantitative estimate of drug-likeness (QED) is 0.574. The van der Waals surface area contributed by atoms with Crippen molar-refractivity contribution in [2.24, 2.45) is 0 Å². The maximum atomic E-state index is 13.1. The van der Waals surface area contributed by atoms with E-state index in [1.807, 2.05) is 89.2 Å². The molecule has 3 rings (SSSR count). The average Bonchev–Trinajstić information content (AvgIpc) is 3.08. The van der Waals surface area contributed by atoms with Crippen LogP contribution in [-0.4, -0.2) is 45.8 Å². The van der Waals surface area contributed by atoms with E-state index in [1.165, 1.54) is 4.90 Å². The Morgan fingerprint density at radius 3 is 2.28 bits per heavy atom. The third-order valence-corrected chi connectivity index (χ3v) is 5.19. The Bertz CT molecular complexity index is 1070. The Hall–Kier alpha value is -3.61. The molecular weight excluding hydrogens is 402 g/mol. The fraction of sp³-hybridized carbons (Fsp3) is 0.320. The zero-order valence-corrected chi connectivity index (χ0v) is 19.3. The van der Waals surface area contributed by atoms with Crippen molar-refractivity contribution in [1.82, 2.24) is 20.0 Å². The fourth-order valence-corrected chi connectivity index (χ4v) is 3.53. The summed E-state index contributed by atoms with van der Waals surface area (Å²) in [5.74, 6) is 0.303. The molecule has 1 heterocycles. The summed E-state index contributed by atoms with van der Waals surface area (Å²) in [5, 5.41) is 10.5. The first-order chi connectivity index (χ1) is 15.3. The van der Waals surface area contributed by atoms with Crippen LogP contribution in [0.1, 0.15) is 32.0 Å². The van der Waals surface area contributed by atoms with Crippen molar-refractivity contribution in [3.8, 4) is 16.8 Å². The first kappa shape index (κ1) is 23.1. The molecule has 3 aromatic rings. The molecule has 32 heavy (non-hydrogen) atoms. The molecule has 0 aliphatic rings. The lowest BCUT2D eigenvalue weighted by Gasteiger charge is -2.26. The summed E-state index contributed by atoms with van der Waals surface area (Å²) in [6, 6.07) is 17.4. The van der Waals surface area contributed by atoms with Crippen LogP contribution >= 0.6 is 0 Å². The van der Waals surface area contributed by atoms with Crippen molar-refractivity contribution < 1.29 is 9.59 Å². The van der Waals surface area contributed by atoms with Crippen molar-refractivity contribution in [1.29, 1.82) is 0 Å². The second-order valence-corrected chi connectivity index (χ2v) is 8.03. The predicted octanol–water partition coefficient (Wildman–Crippen LogP) is 4.53. The van der Waals surface area contributed by atoms with Gasteiger partial charge in [-0.3, -0.25) is 4.79 Å². The highest BCUT2D eigenvalue weighted by Crippen LogP contribution is 2.33. The normalized spacial score (nSPS) is 10.8. The molecule has 0 bridgehead atoms. The van der Waals surface area contributed by atoms with Gasteiger partial charge in [0, 0.05) is 18.2 Å². The lowest BCUT2D eigenvalue weighted by Crippen LogP contribution is -2.47. The minimum atomic E-state index is -0.282. The number of hydrogen-bond acceptors (Lipinski definition) is 3. The minimum Gasteiger partial charge on any atom is -0.338 e. The molecule has 0 aliphatic carbocycles. The molecule has 0 spiro atoms. The molecule has 2 N–H and O–H groups in total. The number of benzene rings is 2. The first-order valence-electron chi connectivity index (χ1n) is 10.9. The van der Waals surface area contributed by atoms with Crippen LogP contribution < -0.4 is 10.6 Å². The molecule has 7 nitrogen and oxygen atoms in total. The van der Waals surface area contributed by atoms with Gasteiger partial charge in [-0.15, -0.1) is 0 Å². The Morgan fingerprint density at radius 1 is 1.03 bits per heavy atom. The molecule has 0 unspecified atom stereocenters. The molecule has 1 aromatic heterocycles. The van der Waals surface area contributed by atoms with Gasteiger partial charge in [-0.25, -0.2) is 9.48 Å². The van der Waals surface area contributed by atoms with E-state index in [1.54, 1.807) is 4.68 Å². The van der Waals surface area contributed by atoms with Crippen LogP contribution in [0.4, 0.5) is 10.6 Å². The topological polar surface area (TPSA) is 79.3 Å². The number of aromatic nitrogens is 2. The number of rotatable bonds is 7. The van der Waals surface area contributed by atoms with Crippen LogP contribution in [-0.2, 0) is 4.79 Å². The second kappa shape index (κ2) is 10.1. The summed E-state index contributed by atoms with van der Waals surface area (Å²) in [6.07, 6.45) is 0. The van der Waals surface area contributed by atoms with Crippen LogP contribution in [0.5, 0.6) is 0 Å². The van der Waals surface area contributed by atoms with Gasteiger partial charge >= 0.3 is 6.03 Å². The zero-order valence-electron chi connectivity index (χ0n) is 19.3. The summed E-state index contributed by atoms with van der Waals surface area (Å²) in [4.78, 5) is 27.0. The summed E-state index contributed by atoms with van der Waals surface area (Å²) in [6.45, 7) is 10.0. The number of aryl methyl sites for hydroxylation is 2. The molecule has 0 fully saturated rings. The molecule has 168 valence electrons. The Kier molecular flexibility index (Phi) is 7.30. The third kappa shape index (κ3) is 5.17. The van der Waals surface area contributed by atoms with E-state index < -0.39 is 0 Å². The van der Waals surface area contributed by atoms with Gasteiger partial charge in [0.25, 0.3) is 0 Å². The summed E-state index contributed by atoms with van der Waals surface area (Å²) >= 11 is 0. The van der Waals surface area contributed by atoms with E-state index in [9.17, 15) is 9.59 Å². The summed E-state index contributed by atoms with van der Waals surface area (Å²) < 4.78 is 1.75. The largest absolute Gasteiger partial charge is 0.338 e. The second-order valence-electron chi connectivity index (χ2n) is 8.03. The van der Waals surface area contributed by atoms with Gasteiger partial charge in [0.1, 0.15) is 12.4 Å². The Morgan fingerprint density at radius 2 is 1.69 bits per heavy atom. The van der Waals surface area contributed by atoms with Crippen molar-refractivity contribution in [3.63, 3.8) is 0 Å². The molecule has 0 saturated heterocycles. The van der Waals surface area contributed by atoms with Crippen LogP contribution in [0.3, 0.4) is 0 Å². The molecular formula is C25H31N5O2. The van der Waals surface area contributed by atoms with E-state index in [-0.39, 0.29) is 24.5 Å². The van der Waals surface area contributed by atoms with Gasteiger partial charge in [0.05, 0.1) is 11.4 Å². The highest BCUT2D eigenvalue weighted by Gasteiger charge is 2.23. The number of carbonyl (C=O) groups excluding carboxylic acids is 2. The van der Waals surface area contributed by atoms with Crippen LogP contribution in [0.15, 0.2) is 54.6 Å². The van der Waals surface area contributed by atoms with Gasteiger partial charge in [0.2, 0.25) is 5.91 Å². The number of nitrogens with zero attached hydrogens (tertiary/aromatic N) is 3. The van der Waals surface area contributed by atoms with E-state index in [4.69, 9.17) is 5.10 Å². The van der Waals surface area contributed by atoms with Crippen molar-refractivity contribution >= 4 is 17.8 Å². The van der Waals surface area contributed by atoms with Crippen LogP contribution in [0.25, 0.3) is 16.8 Å². The highest BCUT2D eigenvalue weighted by molar-refractivity contribution is 5.97. The van der Waals surface area contributed by atoms with E-state index >= 15 is 0 Å². The number of amides is 3. The Balaban J connectivity index is 2.00. The van der Waals surface area contributed by atoms with Crippen LogP contribution in [0, 0.1) is 13.8 Å². The van der Waals surface area contributed by atoms with Crippen molar-refractivity contribution in [2.45, 2.75) is 40.7 Å². The number of nitrogens with one attached hydrogen (secondary N) is 2. The molecule has 2 aromatic carbocycles. The zero-order chi connectivity index (χ0) is 23.3. The average molecular weight is 434 g/mol. The highest BCUT2D eigenvalue weighted by atomic mass is 16.2. The molecule has 0 radical (unpaired) electrons. The standard InChI is InChI=1S/C25H31N5O2/c1-6-26-25(32)29(17(2)3)16-22(31)27-24-23(20-10-8-7-9-11-20)19(5)28-30(24)21-14-12-18(4)13-15-21/h7-15,17H,6,16H2,1-5H3,(H,26,32)(H,27,31).